The second-order valence-electron chi connectivity index (χ2n) is 3.83. The van der Waals surface area contributed by atoms with Gasteiger partial charge in [0.05, 0.1) is 11.4 Å². The third-order valence-electron chi connectivity index (χ3n) is 2.40. The van der Waals surface area contributed by atoms with Crippen molar-refractivity contribution in [2.75, 3.05) is 17.0 Å². The number of hydrogen-bond donors (Lipinski definition) is 2. The first-order chi connectivity index (χ1) is 7.96. The minimum atomic E-state index is -3.27. The van der Waals surface area contributed by atoms with E-state index in [4.69, 9.17) is 5.73 Å². The highest BCUT2D eigenvalue weighted by Gasteiger charge is 2.12. The number of sulfonamides is 1. The molecule has 0 saturated carbocycles. The zero-order valence-corrected chi connectivity index (χ0v) is 12.1. The third-order valence-corrected chi connectivity index (χ3v) is 4.62. The van der Waals surface area contributed by atoms with E-state index in [1.54, 1.807) is 12.1 Å². The number of halogens is 1. The first kappa shape index (κ1) is 14.5. The molecule has 0 aromatic heterocycles. The number of nitrogens with one attached hydrogen (secondary N) is 1. The third kappa shape index (κ3) is 4.65. The SMILES string of the molecule is Cc1c(Br)cccc1NS(=O)(=O)CCCCN. The Kier molecular flexibility index (Phi) is 5.42. The fraction of sp³-hybridized carbons (Fsp3) is 0.455. The van der Waals surface area contributed by atoms with Gasteiger partial charge in [-0.3, -0.25) is 4.72 Å². The Hall–Kier alpha value is -0.590. The van der Waals surface area contributed by atoms with E-state index < -0.39 is 10.0 Å². The molecule has 6 heteroatoms. The van der Waals surface area contributed by atoms with Crippen molar-refractivity contribution in [3.05, 3.63) is 28.2 Å². The van der Waals surface area contributed by atoms with Gasteiger partial charge >= 0.3 is 0 Å². The van der Waals surface area contributed by atoms with Crippen LogP contribution in [-0.2, 0) is 10.0 Å². The van der Waals surface area contributed by atoms with Crippen LogP contribution >= 0.6 is 15.9 Å². The Balaban J connectivity index is 2.73. The fourth-order valence-corrected chi connectivity index (χ4v) is 2.98. The maximum absolute atomic E-state index is 11.8. The van der Waals surface area contributed by atoms with Gasteiger partial charge in [0.1, 0.15) is 0 Å². The van der Waals surface area contributed by atoms with Crippen molar-refractivity contribution in [2.45, 2.75) is 19.8 Å². The molecule has 0 radical (unpaired) electrons. The number of hydrogen-bond acceptors (Lipinski definition) is 3. The van der Waals surface area contributed by atoms with Crippen molar-refractivity contribution < 1.29 is 8.42 Å². The lowest BCUT2D eigenvalue weighted by atomic mass is 10.2. The molecule has 0 unspecified atom stereocenters. The molecule has 0 aliphatic carbocycles. The van der Waals surface area contributed by atoms with Crippen molar-refractivity contribution in [3.63, 3.8) is 0 Å². The molecule has 3 N–H and O–H groups in total. The van der Waals surface area contributed by atoms with Gasteiger partial charge in [0.2, 0.25) is 10.0 Å². The normalized spacial score (nSPS) is 11.5. The van der Waals surface area contributed by atoms with Crippen LogP contribution in [0.1, 0.15) is 18.4 Å². The molecule has 0 saturated heterocycles. The number of benzene rings is 1. The number of unbranched alkanes of at least 4 members (excludes halogenated alkanes) is 1. The van der Waals surface area contributed by atoms with E-state index in [1.165, 1.54) is 0 Å². The topological polar surface area (TPSA) is 72.2 Å². The number of anilines is 1. The Labute approximate surface area is 111 Å². The second kappa shape index (κ2) is 6.37. The van der Waals surface area contributed by atoms with E-state index in [0.29, 0.717) is 18.7 Å². The summed E-state index contributed by atoms with van der Waals surface area (Å²) in [5.74, 6) is 0.107. The lowest BCUT2D eigenvalue weighted by Crippen LogP contribution is -2.18. The second-order valence-corrected chi connectivity index (χ2v) is 6.53. The Morgan fingerprint density at radius 3 is 2.71 bits per heavy atom. The molecular weight excluding hydrogens is 304 g/mol. The molecule has 0 amide bonds. The van der Waals surface area contributed by atoms with E-state index in [-0.39, 0.29) is 5.75 Å². The maximum Gasteiger partial charge on any atom is 0.232 e. The standard InChI is InChI=1S/C11H17BrN2O2S/c1-9-10(12)5-4-6-11(9)14-17(15,16)8-3-2-7-13/h4-6,14H,2-3,7-8,13H2,1H3. The first-order valence-electron chi connectivity index (χ1n) is 5.42. The summed E-state index contributed by atoms with van der Waals surface area (Å²) in [6.07, 6.45) is 1.30. The zero-order chi connectivity index (χ0) is 12.9. The predicted octanol–water partition coefficient (Wildman–Crippen LogP) is 2.24. The highest BCUT2D eigenvalue weighted by Crippen LogP contribution is 2.24. The maximum atomic E-state index is 11.8. The average Bonchev–Trinajstić information content (AvgIpc) is 2.25. The summed E-state index contributed by atoms with van der Waals surface area (Å²) in [7, 11) is -3.27. The van der Waals surface area contributed by atoms with Gasteiger partial charge in [0.25, 0.3) is 0 Å². The fourth-order valence-electron chi connectivity index (χ4n) is 1.37. The van der Waals surface area contributed by atoms with Crippen LogP contribution in [0.15, 0.2) is 22.7 Å². The van der Waals surface area contributed by atoms with E-state index in [9.17, 15) is 8.42 Å². The number of rotatable bonds is 6. The molecule has 96 valence electrons. The van der Waals surface area contributed by atoms with Gasteiger partial charge in [-0.2, -0.15) is 0 Å². The molecule has 0 spiro atoms. The molecule has 0 heterocycles. The van der Waals surface area contributed by atoms with E-state index in [1.807, 2.05) is 13.0 Å². The lowest BCUT2D eigenvalue weighted by molar-refractivity contribution is 0.597. The summed E-state index contributed by atoms with van der Waals surface area (Å²) < 4.78 is 27.0. The van der Waals surface area contributed by atoms with Crippen LogP contribution in [0.5, 0.6) is 0 Å². The van der Waals surface area contributed by atoms with Crippen molar-refractivity contribution in [2.24, 2.45) is 5.73 Å². The summed E-state index contributed by atoms with van der Waals surface area (Å²) in [6.45, 7) is 2.38. The van der Waals surface area contributed by atoms with Gasteiger partial charge in [0.15, 0.2) is 0 Å². The highest BCUT2D eigenvalue weighted by atomic mass is 79.9. The molecule has 0 aliphatic rings. The molecule has 0 fully saturated rings. The van der Waals surface area contributed by atoms with Gasteiger partial charge in [-0.25, -0.2) is 8.42 Å². The molecule has 1 aromatic rings. The Morgan fingerprint density at radius 2 is 2.06 bits per heavy atom. The van der Waals surface area contributed by atoms with Crippen molar-refractivity contribution in [1.82, 2.24) is 0 Å². The molecular formula is C11H17BrN2O2S. The largest absolute Gasteiger partial charge is 0.330 e. The molecule has 1 rings (SSSR count). The minimum absolute atomic E-state index is 0.107. The molecule has 4 nitrogen and oxygen atoms in total. The summed E-state index contributed by atoms with van der Waals surface area (Å²) in [5, 5.41) is 0. The zero-order valence-electron chi connectivity index (χ0n) is 9.74. The van der Waals surface area contributed by atoms with Crippen molar-refractivity contribution >= 4 is 31.6 Å². The van der Waals surface area contributed by atoms with Crippen LogP contribution in [0.3, 0.4) is 0 Å². The van der Waals surface area contributed by atoms with Gasteiger partial charge < -0.3 is 5.73 Å². The van der Waals surface area contributed by atoms with Gasteiger partial charge in [-0.15, -0.1) is 0 Å². The van der Waals surface area contributed by atoms with Crippen LogP contribution < -0.4 is 10.5 Å². The predicted molar refractivity (Wildman–Crippen MR) is 74.6 cm³/mol. The Morgan fingerprint density at radius 1 is 1.35 bits per heavy atom. The molecule has 17 heavy (non-hydrogen) atoms. The summed E-state index contributed by atoms with van der Waals surface area (Å²) in [6, 6.07) is 5.43. The van der Waals surface area contributed by atoms with Crippen LogP contribution in [0, 0.1) is 6.92 Å². The van der Waals surface area contributed by atoms with Crippen molar-refractivity contribution in [3.8, 4) is 0 Å². The van der Waals surface area contributed by atoms with Gasteiger partial charge in [-0.05, 0) is 44.0 Å². The quantitative estimate of drug-likeness (QED) is 0.789. The monoisotopic (exact) mass is 320 g/mol. The van der Waals surface area contributed by atoms with E-state index in [2.05, 4.69) is 20.7 Å². The number of nitrogens with two attached hydrogens (primary N) is 1. The van der Waals surface area contributed by atoms with Crippen LogP contribution in [0.4, 0.5) is 5.69 Å². The molecule has 0 aliphatic heterocycles. The Bertz CT molecular complexity index is 474. The molecule has 0 atom stereocenters. The van der Waals surface area contributed by atoms with Gasteiger partial charge in [-0.1, -0.05) is 22.0 Å². The van der Waals surface area contributed by atoms with E-state index >= 15 is 0 Å². The highest BCUT2D eigenvalue weighted by molar-refractivity contribution is 9.10. The van der Waals surface area contributed by atoms with Crippen molar-refractivity contribution in [1.29, 1.82) is 0 Å². The molecule has 1 aromatic carbocycles. The van der Waals surface area contributed by atoms with Crippen LogP contribution in [0.2, 0.25) is 0 Å². The summed E-state index contributed by atoms with van der Waals surface area (Å²) >= 11 is 3.37. The smallest absolute Gasteiger partial charge is 0.232 e. The van der Waals surface area contributed by atoms with Crippen LogP contribution in [-0.4, -0.2) is 20.7 Å². The summed E-state index contributed by atoms with van der Waals surface area (Å²) in [4.78, 5) is 0. The van der Waals surface area contributed by atoms with E-state index in [0.717, 1.165) is 16.5 Å². The average molecular weight is 321 g/mol. The first-order valence-corrected chi connectivity index (χ1v) is 7.86. The van der Waals surface area contributed by atoms with Crippen LogP contribution in [0.25, 0.3) is 0 Å². The minimum Gasteiger partial charge on any atom is -0.330 e. The lowest BCUT2D eigenvalue weighted by Gasteiger charge is -2.11. The molecule has 0 bridgehead atoms. The van der Waals surface area contributed by atoms with Gasteiger partial charge in [0, 0.05) is 4.47 Å². The summed E-state index contributed by atoms with van der Waals surface area (Å²) in [5.41, 5.74) is 6.83.